The molecule has 1 unspecified atom stereocenters. The summed E-state index contributed by atoms with van der Waals surface area (Å²) in [7, 11) is -2.92. The molecule has 0 radical (unpaired) electrons. The zero-order valence-electron chi connectivity index (χ0n) is 17.9. The molecule has 0 bridgehead atoms. The summed E-state index contributed by atoms with van der Waals surface area (Å²) in [6.07, 6.45) is 4.60. The van der Waals surface area contributed by atoms with Crippen LogP contribution < -0.4 is 0 Å². The van der Waals surface area contributed by atoms with E-state index < -0.39 is 21.1 Å². The van der Waals surface area contributed by atoms with E-state index in [1.165, 1.54) is 0 Å². The van der Waals surface area contributed by atoms with Gasteiger partial charge in [0.1, 0.15) is 6.23 Å². The molecule has 0 amide bonds. The molecule has 1 aliphatic heterocycles. The third-order valence-corrected chi connectivity index (χ3v) is 6.49. The minimum Gasteiger partial charge on any atom is -0.372 e. The predicted octanol–water partition coefficient (Wildman–Crippen LogP) is 4.01. The topological polar surface area (TPSA) is 64.6 Å². The molecule has 1 aliphatic rings. The Morgan fingerprint density at radius 3 is 1.78 bits per heavy atom. The Kier molecular flexibility index (Phi) is 13.0. The molecule has 0 aliphatic carbocycles. The van der Waals surface area contributed by atoms with Crippen molar-refractivity contribution in [3.63, 3.8) is 0 Å². The Morgan fingerprint density at radius 1 is 0.852 bits per heavy atom. The van der Waals surface area contributed by atoms with Crippen LogP contribution in [0.4, 0.5) is 0 Å². The van der Waals surface area contributed by atoms with Crippen molar-refractivity contribution in [1.82, 2.24) is 0 Å². The van der Waals surface area contributed by atoms with Gasteiger partial charge in [0.05, 0.1) is 13.2 Å². The smallest absolute Gasteiger partial charge is 0.372 e. The lowest BCUT2D eigenvalue weighted by molar-refractivity contribution is -0.434. The van der Waals surface area contributed by atoms with Gasteiger partial charge in [-0.2, -0.15) is 0 Å². The maximum atomic E-state index is 6.08. The fourth-order valence-corrected chi connectivity index (χ4v) is 5.00. The van der Waals surface area contributed by atoms with Crippen LogP contribution in [-0.4, -0.2) is 60.3 Å². The molecule has 162 valence electrons. The SMILES string of the molecule is CCCO[Si](COC(CC)OC1(CC)OCCCO1)(OCCC)OCCC. The van der Waals surface area contributed by atoms with Crippen molar-refractivity contribution in [2.75, 3.05) is 39.3 Å². The first-order chi connectivity index (χ1) is 13.1. The Balaban J connectivity index is 2.74. The van der Waals surface area contributed by atoms with Crippen LogP contribution in [0, 0.1) is 0 Å². The molecule has 0 N–H and O–H groups in total. The van der Waals surface area contributed by atoms with Gasteiger partial charge < -0.3 is 27.5 Å². The highest BCUT2D eigenvalue weighted by atomic mass is 28.4. The molecule has 8 heteroatoms. The molecule has 1 fully saturated rings. The van der Waals surface area contributed by atoms with Crippen LogP contribution in [0.25, 0.3) is 0 Å². The number of hydrogen-bond acceptors (Lipinski definition) is 7. The van der Waals surface area contributed by atoms with Gasteiger partial charge in [-0.15, -0.1) is 0 Å². The summed E-state index contributed by atoms with van der Waals surface area (Å²) in [4.78, 5) is 0. The minimum absolute atomic E-state index is 0.255. The Morgan fingerprint density at radius 2 is 1.37 bits per heavy atom. The summed E-state index contributed by atoms with van der Waals surface area (Å²) >= 11 is 0. The molecular formula is C19H40O7Si. The van der Waals surface area contributed by atoms with Crippen LogP contribution in [0.1, 0.15) is 73.1 Å². The van der Waals surface area contributed by atoms with E-state index in [2.05, 4.69) is 20.8 Å². The fourth-order valence-electron chi connectivity index (χ4n) is 2.56. The van der Waals surface area contributed by atoms with Crippen LogP contribution >= 0.6 is 0 Å². The zero-order chi connectivity index (χ0) is 20.0. The molecular weight excluding hydrogens is 368 g/mol. The highest BCUT2D eigenvalue weighted by Crippen LogP contribution is 2.27. The molecule has 0 aromatic rings. The van der Waals surface area contributed by atoms with Gasteiger partial charge >= 0.3 is 8.80 Å². The third-order valence-electron chi connectivity index (χ3n) is 4.03. The lowest BCUT2D eigenvalue weighted by Crippen LogP contribution is -2.53. The van der Waals surface area contributed by atoms with Crippen LogP contribution in [0.15, 0.2) is 0 Å². The van der Waals surface area contributed by atoms with E-state index in [0.29, 0.717) is 45.9 Å². The fraction of sp³-hybridized carbons (Fsp3) is 1.00. The largest absolute Gasteiger partial charge is 0.528 e. The Labute approximate surface area is 166 Å². The standard InChI is InChI=1S/C19H40O7Si/c1-6-12-23-27(24-13-7-2,25-14-8-3)17-20-18(9-4)26-19(10-5)21-15-11-16-22-19/h18H,6-17H2,1-5H3. The van der Waals surface area contributed by atoms with Gasteiger partial charge in [0.25, 0.3) is 5.97 Å². The summed E-state index contributed by atoms with van der Waals surface area (Å²) in [5.41, 5.74) is 0. The molecule has 1 saturated heterocycles. The van der Waals surface area contributed by atoms with Crippen LogP contribution in [0.2, 0.25) is 0 Å². The van der Waals surface area contributed by atoms with Crippen LogP contribution in [0.5, 0.6) is 0 Å². The van der Waals surface area contributed by atoms with E-state index in [0.717, 1.165) is 25.7 Å². The molecule has 7 nitrogen and oxygen atoms in total. The number of rotatable bonds is 16. The summed E-state index contributed by atoms with van der Waals surface area (Å²) in [6.45, 7) is 13.2. The molecule has 0 spiro atoms. The average Bonchev–Trinajstić information content (AvgIpc) is 2.72. The molecule has 27 heavy (non-hydrogen) atoms. The second kappa shape index (κ2) is 14.0. The third kappa shape index (κ3) is 8.87. The second-order valence-corrected chi connectivity index (χ2v) is 9.10. The van der Waals surface area contributed by atoms with E-state index in [1.54, 1.807) is 0 Å². The molecule has 0 aromatic carbocycles. The van der Waals surface area contributed by atoms with Crippen LogP contribution in [0.3, 0.4) is 0 Å². The predicted molar refractivity (Wildman–Crippen MR) is 105 cm³/mol. The molecule has 1 atom stereocenters. The van der Waals surface area contributed by atoms with Crippen LogP contribution in [-0.2, 0) is 32.2 Å². The van der Waals surface area contributed by atoms with Gasteiger partial charge in [-0.3, -0.25) is 4.74 Å². The Bertz CT molecular complexity index is 342. The molecule has 0 saturated carbocycles. The monoisotopic (exact) mass is 408 g/mol. The second-order valence-electron chi connectivity index (χ2n) is 6.58. The summed E-state index contributed by atoms with van der Waals surface area (Å²) < 4.78 is 41.9. The quantitative estimate of drug-likeness (QED) is 0.282. The molecule has 1 rings (SSSR count). The molecule has 1 heterocycles. The van der Waals surface area contributed by atoms with Crippen molar-refractivity contribution in [3.05, 3.63) is 0 Å². The Hall–Kier alpha value is -0.0631. The van der Waals surface area contributed by atoms with Gasteiger partial charge in [-0.05, 0) is 32.1 Å². The van der Waals surface area contributed by atoms with Crippen molar-refractivity contribution in [3.8, 4) is 0 Å². The van der Waals surface area contributed by atoms with Crippen molar-refractivity contribution in [1.29, 1.82) is 0 Å². The maximum Gasteiger partial charge on any atom is 0.528 e. The maximum absolute atomic E-state index is 6.08. The summed E-state index contributed by atoms with van der Waals surface area (Å²) in [5.74, 6) is -1.03. The highest BCUT2D eigenvalue weighted by Gasteiger charge is 2.44. The number of ether oxygens (including phenoxy) is 4. The first kappa shape index (κ1) is 25.0. The first-order valence-electron chi connectivity index (χ1n) is 10.6. The van der Waals surface area contributed by atoms with Crippen molar-refractivity contribution < 1.29 is 32.2 Å². The number of hydrogen-bond donors (Lipinski definition) is 0. The minimum atomic E-state index is -2.92. The van der Waals surface area contributed by atoms with E-state index in [4.69, 9.17) is 32.2 Å². The lowest BCUT2D eigenvalue weighted by atomic mass is 10.3. The van der Waals surface area contributed by atoms with Gasteiger partial charge in [0.15, 0.2) is 6.29 Å². The van der Waals surface area contributed by atoms with E-state index in [-0.39, 0.29) is 6.23 Å². The molecule has 0 aromatic heterocycles. The van der Waals surface area contributed by atoms with E-state index >= 15 is 0 Å². The lowest BCUT2D eigenvalue weighted by Gasteiger charge is -2.38. The average molecular weight is 409 g/mol. The van der Waals surface area contributed by atoms with E-state index in [1.807, 2.05) is 13.8 Å². The summed E-state index contributed by atoms with van der Waals surface area (Å²) in [5, 5.41) is 0. The van der Waals surface area contributed by atoms with Gasteiger partial charge in [0, 0.05) is 26.2 Å². The normalized spacial score (nSPS) is 18.6. The first-order valence-corrected chi connectivity index (χ1v) is 12.5. The van der Waals surface area contributed by atoms with E-state index in [9.17, 15) is 0 Å². The zero-order valence-corrected chi connectivity index (χ0v) is 18.9. The summed E-state index contributed by atoms with van der Waals surface area (Å²) in [6, 6.07) is 0. The van der Waals surface area contributed by atoms with Gasteiger partial charge in [0.2, 0.25) is 0 Å². The highest BCUT2D eigenvalue weighted by molar-refractivity contribution is 6.60. The van der Waals surface area contributed by atoms with Crippen molar-refractivity contribution >= 4 is 8.80 Å². The van der Waals surface area contributed by atoms with Crippen molar-refractivity contribution in [2.24, 2.45) is 0 Å². The van der Waals surface area contributed by atoms with Crippen molar-refractivity contribution in [2.45, 2.75) is 85.4 Å². The van der Waals surface area contributed by atoms with Gasteiger partial charge in [-0.25, -0.2) is 0 Å². The van der Waals surface area contributed by atoms with Gasteiger partial charge in [-0.1, -0.05) is 34.6 Å².